The molecule has 11 heavy (non-hydrogen) atoms. The molecule has 1 aromatic heterocycles. The second kappa shape index (κ2) is 4.01. The molecule has 0 unspecified atom stereocenters. The third kappa shape index (κ3) is 2.13. The molecular formula is C7H5ClINO. The first-order valence-electron chi connectivity index (χ1n) is 2.95. The van der Waals surface area contributed by atoms with Crippen molar-refractivity contribution in [1.29, 1.82) is 0 Å². The molecular weight excluding hydrogens is 276 g/mol. The maximum atomic E-state index is 11.1. The molecule has 58 valence electrons. The number of Topliss-reactive ketones (excluding diaryl/α,β-unsaturated/α-hetero) is 1. The first-order chi connectivity index (χ1) is 5.25. The highest BCUT2D eigenvalue weighted by Gasteiger charge is 2.07. The van der Waals surface area contributed by atoms with E-state index in [0.29, 0.717) is 9.99 Å². The molecule has 0 saturated heterocycles. The molecule has 0 atom stereocenters. The van der Waals surface area contributed by atoms with Crippen molar-refractivity contribution in [2.75, 3.05) is 4.43 Å². The summed E-state index contributed by atoms with van der Waals surface area (Å²) >= 11 is 7.66. The normalized spacial score (nSPS) is 9.64. The molecule has 0 bridgehead atoms. The van der Waals surface area contributed by atoms with Gasteiger partial charge in [-0.2, -0.15) is 0 Å². The number of halogens is 2. The summed E-state index contributed by atoms with van der Waals surface area (Å²) in [4.78, 5) is 14.9. The molecule has 0 aliphatic heterocycles. The van der Waals surface area contributed by atoms with Crippen LogP contribution in [-0.4, -0.2) is 15.2 Å². The van der Waals surface area contributed by atoms with Crippen LogP contribution < -0.4 is 0 Å². The van der Waals surface area contributed by atoms with Gasteiger partial charge in [0.25, 0.3) is 0 Å². The predicted molar refractivity (Wildman–Crippen MR) is 52.5 cm³/mol. The quantitative estimate of drug-likeness (QED) is 0.360. The van der Waals surface area contributed by atoms with Gasteiger partial charge >= 0.3 is 0 Å². The number of carbonyl (C=O) groups excluding carboxylic acids is 1. The molecule has 0 radical (unpaired) electrons. The fraction of sp³-hybridized carbons (Fsp3) is 0.143. The zero-order valence-corrected chi connectivity index (χ0v) is 8.46. The van der Waals surface area contributed by atoms with Crippen LogP contribution in [0.5, 0.6) is 0 Å². The molecule has 1 rings (SSSR count). The maximum Gasteiger partial charge on any atom is 0.175 e. The van der Waals surface area contributed by atoms with E-state index in [2.05, 4.69) is 4.98 Å². The summed E-state index contributed by atoms with van der Waals surface area (Å²) in [5, 5.41) is 0.286. The first-order valence-corrected chi connectivity index (χ1v) is 4.85. The fourth-order valence-electron chi connectivity index (χ4n) is 0.666. The number of alkyl halides is 1. The van der Waals surface area contributed by atoms with E-state index in [1.54, 1.807) is 18.3 Å². The Kier molecular flexibility index (Phi) is 3.26. The van der Waals surface area contributed by atoms with Gasteiger partial charge in [0.2, 0.25) is 0 Å². The van der Waals surface area contributed by atoms with Crippen LogP contribution in [0.15, 0.2) is 18.3 Å². The molecule has 0 aromatic carbocycles. The molecule has 0 fully saturated rings. The van der Waals surface area contributed by atoms with Gasteiger partial charge in [-0.05, 0) is 12.1 Å². The number of hydrogen-bond donors (Lipinski definition) is 0. The number of aromatic nitrogens is 1. The lowest BCUT2D eigenvalue weighted by molar-refractivity contribution is 0.102. The molecule has 0 amide bonds. The van der Waals surface area contributed by atoms with E-state index >= 15 is 0 Å². The standard InChI is InChI=1S/C7H5ClINO/c8-7-5(6(11)4-9)2-1-3-10-7/h1-3H,4H2. The van der Waals surface area contributed by atoms with Crippen LogP contribution in [-0.2, 0) is 0 Å². The van der Waals surface area contributed by atoms with Gasteiger partial charge in [0.1, 0.15) is 5.15 Å². The summed E-state index contributed by atoms with van der Waals surface area (Å²) in [6, 6.07) is 3.38. The van der Waals surface area contributed by atoms with Crippen LogP contribution in [0.4, 0.5) is 0 Å². The Bertz CT molecular complexity index is 277. The van der Waals surface area contributed by atoms with Crippen molar-refractivity contribution in [2.45, 2.75) is 0 Å². The predicted octanol–water partition coefficient (Wildman–Crippen LogP) is 2.35. The Balaban J connectivity index is 3.03. The molecule has 0 aliphatic carbocycles. The maximum absolute atomic E-state index is 11.1. The highest BCUT2D eigenvalue weighted by Crippen LogP contribution is 2.12. The van der Waals surface area contributed by atoms with E-state index in [1.807, 2.05) is 22.6 Å². The van der Waals surface area contributed by atoms with E-state index in [4.69, 9.17) is 11.6 Å². The first kappa shape index (κ1) is 8.93. The van der Waals surface area contributed by atoms with Crippen LogP contribution >= 0.6 is 34.2 Å². The van der Waals surface area contributed by atoms with Crippen molar-refractivity contribution in [1.82, 2.24) is 4.98 Å². The van der Waals surface area contributed by atoms with Crippen LogP contribution in [0.25, 0.3) is 0 Å². The third-order valence-electron chi connectivity index (χ3n) is 1.18. The van der Waals surface area contributed by atoms with Crippen molar-refractivity contribution in [2.24, 2.45) is 0 Å². The SMILES string of the molecule is O=C(CI)c1cccnc1Cl. The van der Waals surface area contributed by atoms with Crippen molar-refractivity contribution in [3.05, 3.63) is 29.0 Å². The minimum Gasteiger partial charge on any atom is -0.293 e. The van der Waals surface area contributed by atoms with Gasteiger partial charge in [-0.15, -0.1) is 0 Å². The Morgan fingerprint density at radius 2 is 2.45 bits per heavy atom. The Morgan fingerprint density at radius 3 is 3.00 bits per heavy atom. The average molecular weight is 281 g/mol. The molecule has 2 nitrogen and oxygen atoms in total. The lowest BCUT2D eigenvalue weighted by Gasteiger charge is -1.96. The summed E-state index contributed by atoms with van der Waals surface area (Å²) in [5.74, 6) is 0.0173. The van der Waals surface area contributed by atoms with Crippen molar-refractivity contribution in [3.63, 3.8) is 0 Å². The van der Waals surface area contributed by atoms with Gasteiger partial charge in [-0.25, -0.2) is 4.98 Å². The number of nitrogens with zero attached hydrogens (tertiary/aromatic N) is 1. The molecule has 0 aliphatic rings. The second-order valence-electron chi connectivity index (χ2n) is 1.90. The minimum atomic E-state index is 0.0173. The summed E-state index contributed by atoms with van der Waals surface area (Å²) in [6.45, 7) is 0. The highest BCUT2D eigenvalue weighted by molar-refractivity contribution is 14.1. The third-order valence-corrected chi connectivity index (χ3v) is 2.17. The van der Waals surface area contributed by atoms with Gasteiger partial charge in [-0.1, -0.05) is 34.2 Å². The highest BCUT2D eigenvalue weighted by atomic mass is 127. The summed E-state index contributed by atoms with van der Waals surface area (Å²) in [7, 11) is 0. The summed E-state index contributed by atoms with van der Waals surface area (Å²) in [5.41, 5.74) is 0.503. The number of pyridine rings is 1. The molecule has 1 heterocycles. The van der Waals surface area contributed by atoms with Crippen molar-refractivity contribution >= 4 is 40.0 Å². The van der Waals surface area contributed by atoms with Crippen molar-refractivity contribution in [3.8, 4) is 0 Å². The monoisotopic (exact) mass is 281 g/mol. The van der Waals surface area contributed by atoms with E-state index in [1.165, 1.54) is 0 Å². The molecule has 4 heteroatoms. The van der Waals surface area contributed by atoms with Crippen LogP contribution in [0.2, 0.25) is 5.15 Å². The fourth-order valence-corrected chi connectivity index (χ4v) is 1.30. The molecule has 0 N–H and O–H groups in total. The summed E-state index contributed by atoms with van der Waals surface area (Å²) in [6.07, 6.45) is 1.56. The number of rotatable bonds is 2. The Morgan fingerprint density at radius 1 is 1.73 bits per heavy atom. The van der Waals surface area contributed by atoms with Gasteiger partial charge in [0.05, 0.1) is 9.99 Å². The number of ketones is 1. The topological polar surface area (TPSA) is 30.0 Å². The van der Waals surface area contributed by atoms with E-state index in [9.17, 15) is 4.79 Å². The van der Waals surface area contributed by atoms with Gasteiger partial charge < -0.3 is 0 Å². The average Bonchev–Trinajstić information content (AvgIpc) is 2.04. The Labute approximate surface area is 83.1 Å². The zero-order chi connectivity index (χ0) is 8.27. The van der Waals surface area contributed by atoms with Gasteiger partial charge in [-0.3, -0.25) is 4.79 Å². The second-order valence-corrected chi connectivity index (χ2v) is 3.02. The van der Waals surface area contributed by atoms with E-state index < -0.39 is 0 Å². The zero-order valence-electron chi connectivity index (χ0n) is 5.55. The van der Waals surface area contributed by atoms with E-state index in [0.717, 1.165) is 0 Å². The summed E-state index contributed by atoms with van der Waals surface area (Å²) < 4.78 is 0.434. The minimum absolute atomic E-state index is 0.0173. The van der Waals surface area contributed by atoms with Gasteiger partial charge in [0, 0.05) is 6.20 Å². The smallest absolute Gasteiger partial charge is 0.175 e. The van der Waals surface area contributed by atoms with E-state index in [-0.39, 0.29) is 10.9 Å². The number of hydrogen-bond acceptors (Lipinski definition) is 2. The lowest BCUT2D eigenvalue weighted by atomic mass is 10.2. The largest absolute Gasteiger partial charge is 0.293 e. The van der Waals surface area contributed by atoms with Crippen LogP contribution in [0, 0.1) is 0 Å². The van der Waals surface area contributed by atoms with Gasteiger partial charge in [0.15, 0.2) is 5.78 Å². The molecule has 1 aromatic rings. The Hall–Kier alpha value is -0.160. The van der Waals surface area contributed by atoms with Crippen LogP contribution in [0.3, 0.4) is 0 Å². The molecule has 0 saturated carbocycles. The molecule has 0 spiro atoms. The van der Waals surface area contributed by atoms with Crippen molar-refractivity contribution < 1.29 is 4.79 Å². The lowest BCUT2D eigenvalue weighted by Crippen LogP contribution is -2.01. The van der Waals surface area contributed by atoms with Crippen LogP contribution in [0.1, 0.15) is 10.4 Å². The number of carbonyl (C=O) groups is 1.